The van der Waals surface area contributed by atoms with E-state index in [0.717, 1.165) is 12.2 Å². The molecule has 0 fully saturated rings. The Morgan fingerprint density at radius 3 is 2.40 bits per heavy atom. The average molecular weight is 318 g/mol. The van der Waals surface area contributed by atoms with Crippen molar-refractivity contribution in [1.29, 1.82) is 0 Å². The lowest BCUT2D eigenvalue weighted by Crippen LogP contribution is -2.38. The smallest absolute Gasteiger partial charge is 0.300 e. The second kappa shape index (κ2) is 4.76. The molecule has 0 aromatic heterocycles. The number of nitrogens with zero attached hydrogens (tertiary/aromatic N) is 2. The van der Waals surface area contributed by atoms with Gasteiger partial charge in [0.1, 0.15) is 11.2 Å². The Morgan fingerprint density at radius 1 is 1.25 bits per heavy atom. The molecule has 0 aromatic carbocycles. The van der Waals surface area contributed by atoms with E-state index in [1.54, 1.807) is 6.08 Å². The molecule has 0 aromatic rings. The van der Waals surface area contributed by atoms with Crippen molar-refractivity contribution in [3.8, 4) is 0 Å². The zero-order valence-corrected chi connectivity index (χ0v) is 11.5. The van der Waals surface area contributed by atoms with Crippen LogP contribution in [0.25, 0.3) is 5.53 Å². The van der Waals surface area contributed by atoms with Crippen molar-refractivity contribution < 1.29 is 30.7 Å². The summed E-state index contributed by atoms with van der Waals surface area (Å²) in [7, 11) is -9.26. The van der Waals surface area contributed by atoms with Crippen molar-refractivity contribution in [3.05, 3.63) is 40.3 Å². The third-order valence-corrected chi connectivity index (χ3v) is 5.05. The van der Waals surface area contributed by atoms with E-state index < -0.39 is 36.3 Å². The first-order valence-electron chi connectivity index (χ1n) is 5.39. The van der Waals surface area contributed by atoms with E-state index in [9.17, 15) is 21.4 Å². The number of fused-ring (bicyclic) bond motifs is 1. The summed E-state index contributed by atoms with van der Waals surface area (Å²) in [5.41, 5.74) is 9.17. The summed E-state index contributed by atoms with van der Waals surface area (Å²) in [6, 6.07) is 0. The predicted molar refractivity (Wildman–Crippen MR) is 68.9 cm³/mol. The van der Waals surface area contributed by atoms with Crippen LogP contribution < -0.4 is 0 Å². The average Bonchev–Trinajstić information content (AvgIpc) is 2.34. The van der Waals surface area contributed by atoms with Crippen molar-refractivity contribution in [2.24, 2.45) is 5.92 Å². The molecule has 10 heteroatoms. The minimum atomic E-state index is -4.65. The van der Waals surface area contributed by atoms with Gasteiger partial charge >= 0.3 is 5.71 Å². The van der Waals surface area contributed by atoms with Gasteiger partial charge in [-0.05, 0) is 24.1 Å². The highest BCUT2D eigenvalue weighted by molar-refractivity contribution is 7.90. The van der Waals surface area contributed by atoms with Gasteiger partial charge in [0, 0.05) is 6.08 Å². The first-order valence-corrected chi connectivity index (χ1v) is 8.33. The lowest BCUT2D eigenvalue weighted by molar-refractivity contribution is -0.00971. The molecular weight excluding hydrogens is 308 g/mol. The monoisotopic (exact) mass is 318 g/mol. The highest BCUT2D eigenvalue weighted by Crippen LogP contribution is 2.35. The summed E-state index contributed by atoms with van der Waals surface area (Å²) in [4.78, 5) is 2.34. The molecule has 0 saturated heterocycles. The SMILES string of the molecule is [N-]=[N+]=C1C=CCC2=CC(S(=O)(=O)O)=CC(S(=O)(=O)O)C21. The maximum atomic E-state index is 11.4. The molecule has 2 unspecified atom stereocenters. The molecule has 0 spiro atoms. The van der Waals surface area contributed by atoms with Crippen LogP contribution in [0.15, 0.2) is 34.8 Å². The van der Waals surface area contributed by atoms with Gasteiger partial charge in [0.2, 0.25) is 0 Å². The Hall–Kier alpha value is -1.58. The fraction of sp³-hybridized carbons (Fsp3) is 0.300. The molecule has 108 valence electrons. The molecule has 0 radical (unpaired) electrons. The van der Waals surface area contributed by atoms with E-state index in [0.29, 0.717) is 5.57 Å². The van der Waals surface area contributed by atoms with Gasteiger partial charge in [0.15, 0.2) is 0 Å². The number of hydrogen-bond acceptors (Lipinski definition) is 4. The molecule has 2 aliphatic carbocycles. The topological polar surface area (TPSA) is 145 Å². The normalized spacial score (nSPS) is 26.4. The lowest BCUT2D eigenvalue weighted by Gasteiger charge is -2.26. The molecule has 0 saturated carbocycles. The molecule has 0 heterocycles. The summed E-state index contributed by atoms with van der Waals surface area (Å²) >= 11 is 0. The van der Waals surface area contributed by atoms with E-state index in [-0.39, 0.29) is 12.1 Å². The maximum absolute atomic E-state index is 11.4. The van der Waals surface area contributed by atoms with Gasteiger partial charge in [0.25, 0.3) is 20.2 Å². The van der Waals surface area contributed by atoms with Gasteiger partial charge in [-0.3, -0.25) is 9.11 Å². The zero-order valence-electron chi connectivity index (χ0n) is 9.91. The van der Waals surface area contributed by atoms with Crippen molar-refractivity contribution in [2.45, 2.75) is 11.7 Å². The van der Waals surface area contributed by atoms with Gasteiger partial charge in [-0.15, -0.1) is 0 Å². The molecule has 2 rings (SSSR count). The summed E-state index contributed by atoms with van der Waals surface area (Å²) in [5.74, 6) is -0.995. The predicted octanol–water partition coefficient (Wildman–Crippen LogP) is 0.201. The summed E-state index contributed by atoms with van der Waals surface area (Å²) in [6.07, 6.45) is 4.97. The van der Waals surface area contributed by atoms with Gasteiger partial charge in [0.05, 0.1) is 4.91 Å². The molecule has 0 amide bonds. The second-order valence-corrected chi connectivity index (χ2v) is 7.35. The van der Waals surface area contributed by atoms with Crippen LogP contribution in [0, 0.1) is 5.92 Å². The highest BCUT2D eigenvalue weighted by Gasteiger charge is 2.44. The summed E-state index contributed by atoms with van der Waals surface area (Å²) in [5, 5.41) is -1.64. The van der Waals surface area contributed by atoms with Crippen LogP contribution in [0.1, 0.15) is 6.42 Å². The van der Waals surface area contributed by atoms with E-state index in [1.165, 1.54) is 6.08 Å². The Kier molecular flexibility index (Phi) is 3.53. The van der Waals surface area contributed by atoms with E-state index in [4.69, 9.17) is 10.1 Å². The second-order valence-electron chi connectivity index (χ2n) is 4.35. The van der Waals surface area contributed by atoms with Crippen LogP contribution in [0.2, 0.25) is 0 Å². The Bertz CT molecular complexity index is 797. The Morgan fingerprint density at radius 2 is 1.90 bits per heavy atom. The van der Waals surface area contributed by atoms with E-state index in [2.05, 4.69) is 4.79 Å². The van der Waals surface area contributed by atoms with Crippen molar-refractivity contribution >= 4 is 25.9 Å². The van der Waals surface area contributed by atoms with Gasteiger partial charge in [-0.25, -0.2) is 0 Å². The molecule has 8 nitrogen and oxygen atoms in total. The lowest BCUT2D eigenvalue weighted by atomic mass is 9.81. The Balaban J connectivity index is 2.70. The molecular formula is C10H10N2O6S2. The van der Waals surface area contributed by atoms with Crippen LogP contribution in [0.5, 0.6) is 0 Å². The zero-order chi connectivity index (χ0) is 15.1. The largest absolute Gasteiger partial charge is 0.361 e. The number of allylic oxidation sites excluding steroid dienone is 4. The molecule has 2 N–H and O–H groups in total. The van der Waals surface area contributed by atoms with Crippen LogP contribution in [-0.2, 0) is 20.2 Å². The fourth-order valence-corrected chi connectivity index (χ4v) is 3.95. The molecule has 0 bridgehead atoms. The molecule has 0 aliphatic heterocycles. The van der Waals surface area contributed by atoms with E-state index >= 15 is 0 Å². The third kappa shape index (κ3) is 2.65. The fourth-order valence-electron chi connectivity index (χ4n) is 2.27. The molecule has 2 aliphatic rings. The first kappa shape index (κ1) is 14.8. The minimum Gasteiger partial charge on any atom is -0.361 e. The molecule has 20 heavy (non-hydrogen) atoms. The Labute approximate surface area is 115 Å². The van der Waals surface area contributed by atoms with Crippen molar-refractivity contribution in [1.82, 2.24) is 0 Å². The highest BCUT2D eigenvalue weighted by atomic mass is 32.2. The van der Waals surface area contributed by atoms with Crippen molar-refractivity contribution in [3.63, 3.8) is 0 Å². The van der Waals surface area contributed by atoms with Crippen LogP contribution in [0.3, 0.4) is 0 Å². The van der Waals surface area contributed by atoms with Crippen LogP contribution >= 0.6 is 0 Å². The minimum absolute atomic E-state index is 0.0178. The van der Waals surface area contributed by atoms with Crippen LogP contribution in [0.4, 0.5) is 0 Å². The van der Waals surface area contributed by atoms with Gasteiger partial charge in [-0.2, -0.15) is 21.6 Å². The third-order valence-electron chi connectivity index (χ3n) is 3.10. The quantitative estimate of drug-likeness (QED) is 0.422. The standard InChI is InChI=1S/C10H10N2O6S2/c11-12-8-3-1-2-6-4-7(19(13,14)15)5-9(10(6)8)20(16,17)18/h1,3-5,9-10H,2H2,(H,13,14,15)(H,16,17,18). The molecule has 2 atom stereocenters. The summed E-state index contributed by atoms with van der Waals surface area (Å²) < 4.78 is 63.4. The van der Waals surface area contributed by atoms with E-state index in [1.807, 2.05) is 0 Å². The summed E-state index contributed by atoms with van der Waals surface area (Å²) in [6.45, 7) is 0. The van der Waals surface area contributed by atoms with Gasteiger partial charge < -0.3 is 5.53 Å². The first-order chi connectivity index (χ1) is 9.14. The van der Waals surface area contributed by atoms with Gasteiger partial charge in [-0.1, -0.05) is 6.08 Å². The van der Waals surface area contributed by atoms with Crippen LogP contribution in [-0.4, -0.2) is 41.7 Å². The maximum Gasteiger partial charge on any atom is 0.300 e. The van der Waals surface area contributed by atoms with Crippen molar-refractivity contribution in [2.75, 3.05) is 0 Å². The number of rotatable bonds is 2. The number of hydrogen-bond donors (Lipinski definition) is 2.